The van der Waals surface area contributed by atoms with Crippen LogP contribution in [-0.4, -0.2) is 21.7 Å². The van der Waals surface area contributed by atoms with Crippen molar-refractivity contribution < 1.29 is 13.9 Å². The first-order chi connectivity index (χ1) is 13.0. The molecule has 0 aromatic heterocycles. The molecule has 1 heterocycles. The quantitative estimate of drug-likeness (QED) is 0.488. The van der Waals surface area contributed by atoms with Gasteiger partial charge in [0.2, 0.25) is 0 Å². The Labute approximate surface area is 168 Å². The molecule has 1 aliphatic heterocycles. The van der Waals surface area contributed by atoms with Gasteiger partial charge in [0, 0.05) is 17.7 Å². The molecule has 0 aliphatic carbocycles. The fourth-order valence-corrected chi connectivity index (χ4v) is 3.93. The predicted octanol–water partition coefficient (Wildman–Crippen LogP) is 5.26. The van der Waals surface area contributed by atoms with E-state index in [9.17, 15) is 9.18 Å². The average molecular weight is 402 g/mol. The average Bonchev–Trinajstić information content (AvgIpc) is 2.89. The van der Waals surface area contributed by atoms with Gasteiger partial charge in [-0.3, -0.25) is 9.69 Å². The zero-order valence-electron chi connectivity index (χ0n) is 15.1. The van der Waals surface area contributed by atoms with Crippen LogP contribution in [0.15, 0.2) is 53.4 Å². The van der Waals surface area contributed by atoms with Crippen LogP contribution in [0.3, 0.4) is 0 Å². The summed E-state index contributed by atoms with van der Waals surface area (Å²) in [4.78, 5) is 14.9. The molecule has 1 amide bonds. The Hall–Kier alpha value is -2.18. The molecule has 27 heavy (non-hydrogen) atoms. The molecule has 6 heteroatoms. The Bertz CT molecular complexity index is 895. The second-order valence-electron chi connectivity index (χ2n) is 6.60. The number of hydrogen-bond acceptors (Lipinski definition) is 4. The number of hydrogen-bond donors (Lipinski definition) is 0. The summed E-state index contributed by atoms with van der Waals surface area (Å²) in [7, 11) is 0. The van der Waals surface area contributed by atoms with Crippen LogP contribution in [0.5, 0.6) is 5.75 Å². The van der Waals surface area contributed by atoms with Crippen molar-refractivity contribution in [1.29, 1.82) is 0 Å². The molecule has 0 atom stereocenters. The van der Waals surface area contributed by atoms with Crippen molar-refractivity contribution in [2.45, 2.75) is 20.5 Å². The summed E-state index contributed by atoms with van der Waals surface area (Å²) in [5, 5.41) is 0. The van der Waals surface area contributed by atoms with E-state index in [1.807, 2.05) is 38.1 Å². The minimum absolute atomic E-state index is 0.0809. The van der Waals surface area contributed by atoms with Crippen molar-refractivity contribution >= 4 is 40.3 Å². The van der Waals surface area contributed by atoms with Gasteiger partial charge in [-0.2, -0.15) is 0 Å². The van der Waals surface area contributed by atoms with Gasteiger partial charge in [-0.15, -0.1) is 0 Å². The van der Waals surface area contributed by atoms with Crippen LogP contribution in [0.2, 0.25) is 0 Å². The fourth-order valence-electron chi connectivity index (χ4n) is 2.67. The lowest BCUT2D eigenvalue weighted by Crippen LogP contribution is -2.31. The lowest BCUT2D eigenvalue weighted by atomic mass is 10.1. The molecular formula is C21H20FNO2S2. The molecule has 0 bridgehead atoms. The van der Waals surface area contributed by atoms with Crippen molar-refractivity contribution in [3.8, 4) is 5.75 Å². The Morgan fingerprint density at radius 3 is 2.63 bits per heavy atom. The van der Waals surface area contributed by atoms with E-state index in [1.54, 1.807) is 29.2 Å². The van der Waals surface area contributed by atoms with Crippen molar-refractivity contribution in [2.24, 2.45) is 5.92 Å². The van der Waals surface area contributed by atoms with Gasteiger partial charge in [0.15, 0.2) is 0 Å². The van der Waals surface area contributed by atoms with E-state index in [1.165, 1.54) is 17.8 Å². The van der Waals surface area contributed by atoms with Gasteiger partial charge in [-0.05, 0) is 24.1 Å². The lowest BCUT2D eigenvalue weighted by Gasteiger charge is -2.16. The molecule has 1 aliphatic rings. The summed E-state index contributed by atoms with van der Waals surface area (Å²) in [5.74, 6) is 0.547. The minimum atomic E-state index is -0.301. The van der Waals surface area contributed by atoms with Gasteiger partial charge in [0.1, 0.15) is 22.5 Å². The van der Waals surface area contributed by atoms with Gasteiger partial charge >= 0.3 is 0 Å². The second-order valence-corrected chi connectivity index (χ2v) is 8.28. The molecule has 3 rings (SSSR count). The third kappa shape index (κ3) is 4.76. The molecule has 2 aromatic rings. The number of para-hydroxylation sites is 1. The first-order valence-electron chi connectivity index (χ1n) is 8.66. The van der Waals surface area contributed by atoms with Crippen LogP contribution >= 0.6 is 24.0 Å². The molecule has 1 fully saturated rings. The molecule has 0 spiro atoms. The van der Waals surface area contributed by atoms with E-state index >= 15 is 0 Å². The first kappa shape index (κ1) is 19.6. The van der Waals surface area contributed by atoms with Crippen molar-refractivity contribution in [1.82, 2.24) is 4.90 Å². The van der Waals surface area contributed by atoms with E-state index in [0.29, 0.717) is 33.0 Å². The zero-order chi connectivity index (χ0) is 19.4. The van der Waals surface area contributed by atoms with Crippen LogP contribution in [0.1, 0.15) is 25.0 Å². The zero-order valence-corrected chi connectivity index (χ0v) is 16.8. The van der Waals surface area contributed by atoms with Crippen LogP contribution in [0, 0.1) is 11.7 Å². The number of halogens is 1. The Morgan fingerprint density at radius 1 is 1.19 bits per heavy atom. The smallest absolute Gasteiger partial charge is 0.266 e. The summed E-state index contributed by atoms with van der Waals surface area (Å²) >= 11 is 6.64. The second kappa shape index (κ2) is 8.67. The summed E-state index contributed by atoms with van der Waals surface area (Å²) in [6.45, 7) is 4.82. The Kier molecular flexibility index (Phi) is 6.29. The molecule has 140 valence electrons. The maximum Gasteiger partial charge on any atom is 0.266 e. The molecule has 0 N–H and O–H groups in total. The van der Waals surface area contributed by atoms with E-state index in [2.05, 4.69) is 0 Å². The fraction of sp³-hybridized carbons (Fsp3) is 0.238. The summed E-state index contributed by atoms with van der Waals surface area (Å²) in [6, 6.07) is 13.9. The Balaban J connectivity index is 1.80. The van der Waals surface area contributed by atoms with Gasteiger partial charge in [0.25, 0.3) is 5.91 Å². The minimum Gasteiger partial charge on any atom is -0.488 e. The molecule has 2 aromatic carbocycles. The van der Waals surface area contributed by atoms with Gasteiger partial charge in [-0.25, -0.2) is 4.39 Å². The number of amides is 1. The maximum absolute atomic E-state index is 13.8. The largest absolute Gasteiger partial charge is 0.488 e. The highest BCUT2D eigenvalue weighted by molar-refractivity contribution is 8.26. The van der Waals surface area contributed by atoms with Crippen molar-refractivity contribution in [3.05, 3.63) is 70.4 Å². The normalized spacial score (nSPS) is 15.9. The lowest BCUT2D eigenvalue weighted by molar-refractivity contribution is -0.122. The number of carbonyl (C=O) groups excluding carboxylic acids is 1. The number of carbonyl (C=O) groups is 1. The summed E-state index contributed by atoms with van der Waals surface area (Å²) < 4.78 is 20.2. The molecular weight excluding hydrogens is 381 g/mol. The van der Waals surface area contributed by atoms with Crippen LogP contribution in [0.4, 0.5) is 4.39 Å². The summed E-state index contributed by atoms with van der Waals surface area (Å²) in [6.07, 6.45) is 1.79. The number of benzene rings is 2. The number of nitrogens with zero attached hydrogens (tertiary/aromatic N) is 1. The van der Waals surface area contributed by atoms with Crippen LogP contribution < -0.4 is 4.74 Å². The highest BCUT2D eigenvalue weighted by Crippen LogP contribution is 2.34. The number of thioether (sulfide) groups is 1. The number of rotatable bonds is 6. The predicted molar refractivity (Wildman–Crippen MR) is 112 cm³/mol. The number of thiocarbonyl (C=S) groups is 1. The van der Waals surface area contributed by atoms with Gasteiger partial charge in [0.05, 0.1) is 4.91 Å². The van der Waals surface area contributed by atoms with E-state index in [4.69, 9.17) is 17.0 Å². The standard InChI is InChI=1S/C21H20FNO2S2/c1-14(2)12-23-20(24)19(27-21(23)26)11-15-7-4-6-10-18(15)25-13-16-8-3-5-9-17(16)22/h3-11,14H,12-13H2,1-2H3/b19-11-. The molecule has 3 nitrogen and oxygen atoms in total. The van der Waals surface area contributed by atoms with Crippen LogP contribution in [-0.2, 0) is 11.4 Å². The molecule has 0 unspecified atom stereocenters. The number of ether oxygens (including phenoxy) is 1. The van der Waals surface area contributed by atoms with Crippen molar-refractivity contribution in [2.75, 3.05) is 6.54 Å². The highest BCUT2D eigenvalue weighted by Gasteiger charge is 2.32. The van der Waals surface area contributed by atoms with E-state index in [0.717, 1.165) is 5.56 Å². The van der Waals surface area contributed by atoms with Crippen molar-refractivity contribution in [3.63, 3.8) is 0 Å². The Morgan fingerprint density at radius 2 is 1.89 bits per heavy atom. The summed E-state index contributed by atoms with van der Waals surface area (Å²) in [5.41, 5.74) is 1.24. The van der Waals surface area contributed by atoms with Gasteiger partial charge in [-0.1, -0.05) is 74.2 Å². The molecule has 0 saturated carbocycles. The van der Waals surface area contributed by atoms with Gasteiger partial charge < -0.3 is 4.74 Å². The third-order valence-electron chi connectivity index (χ3n) is 3.97. The van der Waals surface area contributed by atoms with E-state index in [-0.39, 0.29) is 18.3 Å². The first-order valence-corrected chi connectivity index (χ1v) is 9.89. The molecule has 0 radical (unpaired) electrons. The highest BCUT2D eigenvalue weighted by atomic mass is 32.2. The van der Waals surface area contributed by atoms with E-state index < -0.39 is 0 Å². The SMILES string of the molecule is CC(C)CN1C(=O)/C(=C/c2ccccc2OCc2ccccc2F)SC1=S. The topological polar surface area (TPSA) is 29.5 Å². The molecule has 1 saturated heterocycles. The third-order valence-corrected chi connectivity index (χ3v) is 5.35. The monoisotopic (exact) mass is 401 g/mol. The maximum atomic E-state index is 13.8. The van der Waals surface area contributed by atoms with Crippen LogP contribution in [0.25, 0.3) is 6.08 Å².